The van der Waals surface area contributed by atoms with E-state index < -0.39 is 17.9 Å². The number of hydrogen-bond donors (Lipinski definition) is 2. The van der Waals surface area contributed by atoms with Crippen molar-refractivity contribution in [1.29, 1.82) is 0 Å². The van der Waals surface area contributed by atoms with Crippen LogP contribution in [0.3, 0.4) is 0 Å². The second-order valence-electron chi connectivity index (χ2n) is 5.68. The van der Waals surface area contributed by atoms with Crippen LogP contribution in [0.15, 0.2) is 12.1 Å². The molecule has 1 fully saturated rings. The van der Waals surface area contributed by atoms with Gasteiger partial charge in [-0.1, -0.05) is 0 Å². The molecule has 0 heterocycles. The number of carbonyl (C=O) groups is 2. The van der Waals surface area contributed by atoms with Gasteiger partial charge in [-0.05, 0) is 18.4 Å². The van der Waals surface area contributed by atoms with Gasteiger partial charge in [0.05, 0.1) is 25.7 Å². The SMILES string of the molecule is COc1cc(C(=O)NC2CC(F)(F)C2)cc(NC(=O)CSC)c1OC. The predicted molar refractivity (Wildman–Crippen MR) is 92.0 cm³/mol. The second-order valence-corrected chi connectivity index (χ2v) is 6.54. The molecule has 0 radical (unpaired) electrons. The van der Waals surface area contributed by atoms with Gasteiger partial charge in [0.25, 0.3) is 11.8 Å². The van der Waals surface area contributed by atoms with Gasteiger partial charge in [0.2, 0.25) is 5.91 Å². The summed E-state index contributed by atoms with van der Waals surface area (Å²) in [5.41, 5.74) is 0.470. The van der Waals surface area contributed by atoms with Crippen molar-refractivity contribution in [2.45, 2.75) is 24.8 Å². The predicted octanol–water partition coefficient (Wildman–Crippen LogP) is 2.53. The highest BCUT2D eigenvalue weighted by molar-refractivity contribution is 7.99. The Kier molecular flexibility index (Phi) is 6.10. The molecule has 2 N–H and O–H groups in total. The van der Waals surface area contributed by atoms with E-state index >= 15 is 0 Å². The number of hydrogen-bond acceptors (Lipinski definition) is 5. The Morgan fingerprint density at radius 1 is 1.28 bits per heavy atom. The van der Waals surface area contributed by atoms with Gasteiger partial charge in [0.15, 0.2) is 11.5 Å². The number of nitrogens with one attached hydrogen (secondary N) is 2. The number of carbonyl (C=O) groups excluding carboxylic acids is 2. The third-order valence-corrected chi connectivity index (χ3v) is 4.27. The van der Waals surface area contributed by atoms with Crippen LogP contribution in [0.1, 0.15) is 23.2 Å². The first-order valence-electron chi connectivity index (χ1n) is 7.53. The summed E-state index contributed by atoms with van der Waals surface area (Å²) < 4.78 is 36.3. The number of amides is 2. The van der Waals surface area contributed by atoms with E-state index in [1.54, 1.807) is 6.26 Å². The van der Waals surface area contributed by atoms with Crippen LogP contribution < -0.4 is 20.1 Å². The van der Waals surface area contributed by atoms with Crippen molar-refractivity contribution in [3.05, 3.63) is 17.7 Å². The standard InChI is InChI=1S/C16H20F2N2O4S/c1-23-12-5-9(15(22)19-10-6-16(17,18)7-10)4-11(14(12)24-2)20-13(21)8-25-3/h4-5,10H,6-8H2,1-3H3,(H,19,22)(H,20,21). The molecule has 1 aromatic rings. The normalized spacial score (nSPS) is 15.9. The first kappa shape index (κ1) is 19.3. The number of ether oxygens (including phenoxy) is 2. The molecular formula is C16H20F2N2O4S. The molecule has 25 heavy (non-hydrogen) atoms. The lowest BCUT2D eigenvalue weighted by atomic mass is 9.88. The summed E-state index contributed by atoms with van der Waals surface area (Å²) in [5.74, 6) is -2.71. The molecule has 0 aromatic heterocycles. The van der Waals surface area contributed by atoms with Gasteiger partial charge in [0.1, 0.15) is 0 Å². The first-order chi connectivity index (χ1) is 11.8. The average molecular weight is 374 g/mol. The molecule has 2 rings (SSSR count). The Morgan fingerprint density at radius 3 is 2.48 bits per heavy atom. The Hall–Kier alpha value is -2.03. The molecule has 0 bridgehead atoms. The maximum atomic E-state index is 12.9. The number of alkyl halides is 2. The molecule has 1 aromatic carbocycles. The summed E-state index contributed by atoms with van der Waals surface area (Å²) in [6, 6.07) is 2.31. The highest BCUT2D eigenvalue weighted by Gasteiger charge is 2.46. The third kappa shape index (κ3) is 4.75. The van der Waals surface area contributed by atoms with Gasteiger partial charge >= 0.3 is 0 Å². The van der Waals surface area contributed by atoms with E-state index in [9.17, 15) is 18.4 Å². The maximum absolute atomic E-state index is 12.9. The highest BCUT2D eigenvalue weighted by Crippen LogP contribution is 2.39. The monoisotopic (exact) mass is 374 g/mol. The molecule has 2 amide bonds. The molecule has 0 spiro atoms. The van der Waals surface area contributed by atoms with E-state index in [2.05, 4.69) is 10.6 Å². The van der Waals surface area contributed by atoms with Crippen LogP contribution in [0.5, 0.6) is 11.5 Å². The van der Waals surface area contributed by atoms with Crippen LogP contribution in [0.4, 0.5) is 14.5 Å². The molecule has 1 aliphatic carbocycles. The summed E-state index contributed by atoms with van der Waals surface area (Å²) in [5, 5.41) is 5.21. The molecule has 0 aliphatic heterocycles. The van der Waals surface area contributed by atoms with E-state index in [0.29, 0.717) is 0 Å². The minimum Gasteiger partial charge on any atom is -0.493 e. The molecule has 1 saturated carbocycles. The van der Waals surface area contributed by atoms with Crippen LogP contribution in [0, 0.1) is 0 Å². The molecule has 1 aliphatic rings. The largest absolute Gasteiger partial charge is 0.493 e. The topological polar surface area (TPSA) is 76.7 Å². The van der Waals surface area contributed by atoms with E-state index in [4.69, 9.17) is 9.47 Å². The van der Waals surface area contributed by atoms with Gasteiger partial charge in [0, 0.05) is 24.4 Å². The number of anilines is 1. The molecule has 6 nitrogen and oxygen atoms in total. The van der Waals surface area contributed by atoms with Crippen molar-refractivity contribution in [3.8, 4) is 11.5 Å². The van der Waals surface area contributed by atoms with Crippen LogP contribution >= 0.6 is 11.8 Å². The number of thioether (sulfide) groups is 1. The second kappa shape index (κ2) is 7.90. The Balaban J connectivity index is 2.22. The summed E-state index contributed by atoms with van der Waals surface area (Å²) in [6.45, 7) is 0. The molecular weight excluding hydrogens is 354 g/mol. The van der Waals surface area contributed by atoms with Crippen molar-refractivity contribution in [2.24, 2.45) is 0 Å². The fourth-order valence-corrected chi connectivity index (χ4v) is 2.87. The zero-order valence-electron chi connectivity index (χ0n) is 14.2. The molecule has 0 unspecified atom stereocenters. The lowest BCUT2D eigenvalue weighted by Gasteiger charge is -2.35. The highest BCUT2D eigenvalue weighted by atomic mass is 32.2. The average Bonchev–Trinajstić information content (AvgIpc) is 2.52. The van der Waals surface area contributed by atoms with Crippen molar-refractivity contribution in [1.82, 2.24) is 5.32 Å². The van der Waals surface area contributed by atoms with Crippen LogP contribution in [-0.2, 0) is 4.79 Å². The zero-order valence-corrected chi connectivity index (χ0v) is 15.0. The van der Waals surface area contributed by atoms with Gasteiger partial charge in [-0.15, -0.1) is 0 Å². The van der Waals surface area contributed by atoms with Crippen molar-refractivity contribution in [2.75, 3.05) is 31.5 Å². The van der Waals surface area contributed by atoms with Gasteiger partial charge < -0.3 is 20.1 Å². The molecule has 0 atom stereocenters. The zero-order chi connectivity index (χ0) is 18.6. The van der Waals surface area contributed by atoms with E-state index in [1.165, 1.54) is 38.1 Å². The molecule has 0 saturated heterocycles. The van der Waals surface area contributed by atoms with Gasteiger partial charge in [-0.2, -0.15) is 11.8 Å². The Morgan fingerprint density at radius 2 is 1.96 bits per heavy atom. The molecule has 9 heteroatoms. The lowest BCUT2D eigenvalue weighted by molar-refractivity contribution is -0.113. The van der Waals surface area contributed by atoms with Gasteiger partial charge in [-0.25, -0.2) is 8.78 Å². The van der Waals surface area contributed by atoms with Crippen LogP contribution in [0.25, 0.3) is 0 Å². The Labute approximate surface area is 148 Å². The van der Waals surface area contributed by atoms with E-state index in [0.717, 1.165) is 0 Å². The third-order valence-electron chi connectivity index (χ3n) is 3.72. The van der Waals surface area contributed by atoms with Crippen molar-refractivity contribution >= 4 is 29.3 Å². The smallest absolute Gasteiger partial charge is 0.252 e. The summed E-state index contributed by atoms with van der Waals surface area (Å²) in [4.78, 5) is 24.2. The maximum Gasteiger partial charge on any atom is 0.252 e. The fraction of sp³-hybridized carbons (Fsp3) is 0.500. The summed E-state index contributed by atoms with van der Waals surface area (Å²) in [7, 11) is 2.82. The molecule has 138 valence electrons. The number of rotatable bonds is 7. The lowest BCUT2D eigenvalue weighted by Crippen LogP contribution is -2.50. The van der Waals surface area contributed by atoms with Crippen molar-refractivity contribution < 1.29 is 27.8 Å². The minimum atomic E-state index is -2.72. The van der Waals surface area contributed by atoms with Gasteiger partial charge in [-0.3, -0.25) is 9.59 Å². The van der Waals surface area contributed by atoms with Crippen molar-refractivity contribution in [3.63, 3.8) is 0 Å². The summed E-state index contributed by atoms with van der Waals surface area (Å²) in [6.07, 6.45) is 1.04. The van der Waals surface area contributed by atoms with E-state index in [-0.39, 0.29) is 47.3 Å². The first-order valence-corrected chi connectivity index (χ1v) is 8.92. The number of methoxy groups -OCH3 is 2. The number of halogens is 2. The fourth-order valence-electron chi connectivity index (χ4n) is 2.54. The van der Waals surface area contributed by atoms with Crippen LogP contribution in [-0.4, -0.2) is 50.0 Å². The quantitative estimate of drug-likeness (QED) is 0.767. The van der Waals surface area contributed by atoms with Crippen LogP contribution in [0.2, 0.25) is 0 Å². The van der Waals surface area contributed by atoms with E-state index in [1.807, 2.05) is 0 Å². The number of benzene rings is 1. The Bertz CT molecular complexity index is 662. The summed E-state index contributed by atoms with van der Waals surface area (Å²) >= 11 is 1.35. The minimum absolute atomic E-state index is 0.187.